The van der Waals surface area contributed by atoms with Crippen molar-refractivity contribution in [3.63, 3.8) is 0 Å². The van der Waals surface area contributed by atoms with Crippen LogP contribution < -0.4 is 0 Å². The molecular weight excluding hydrogens is 148 g/mol. The zero-order valence-electron chi connectivity index (χ0n) is 8.73. The van der Waals surface area contributed by atoms with Gasteiger partial charge in [-0.25, -0.2) is 0 Å². The Hall–Kier alpha value is -0.330. The van der Waals surface area contributed by atoms with E-state index in [2.05, 4.69) is 20.8 Å². The van der Waals surface area contributed by atoms with Gasteiger partial charge in [0.1, 0.15) is 5.78 Å². The van der Waals surface area contributed by atoms with Gasteiger partial charge in [-0.15, -0.1) is 0 Å². The van der Waals surface area contributed by atoms with Crippen LogP contribution in [0.25, 0.3) is 0 Å². The molecule has 1 nitrogen and oxygen atoms in total. The number of rotatable bonds is 7. The molecule has 0 unspecified atom stereocenters. The third-order valence-corrected chi connectivity index (χ3v) is 2.48. The van der Waals surface area contributed by atoms with Gasteiger partial charge in [0.05, 0.1) is 0 Å². The zero-order chi connectivity index (χ0) is 9.40. The van der Waals surface area contributed by atoms with E-state index < -0.39 is 0 Å². The van der Waals surface area contributed by atoms with Crippen LogP contribution in [0.4, 0.5) is 0 Å². The first kappa shape index (κ1) is 11.7. The molecule has 0 aromatic carbocycles. The maximum Gasteiger partial charge on any atom is 0.133 e. The summed E-state index contributed by atoms with van der Waals surface area (Å²) in [5.74, 6) is 1.10. The summed E-state index contributed by atoms with van der Waals surface area (Å²) in [6.45, 7) is 6.47. The highest BCUT2D eigenvalue weighted by Crippen LogP contribution is 2.14. The van der Waals surface area contributed by atoms with Gasteiger partial charge >= 0.3 is 0 Å². The highest BCUT2D eigenvalue weighted by molar-refractivity contribution is 5.78. The fourth-order valence-electron chi connectivity index (χ4n) is 1.38. The topological polar surface area (TPSA) is 17.1 Å². The molecule has 0 aliphatic carbocycles. The van der Waals surface area contributed by atoms with Gasteiger partial charge in [0.25, 0.3) is 0 Å². The van der Waals surface area contributed by atoms with Gasteiger partial charge in [-0.2, -0.15) is 0 Å². The Kier molecular flexibility index (Phi) is 7.12. The summed E-state index contributed by atoms with van der Waals surface area (Å²) in [5.41, 5.74) is 0. The minimum Gasteiger partial charge on any atom is -0.300 e. The van der Waals surface area contributed by atoms with E-state index in [-0.39, 0.29) is 0 Å². The van der Waals surface area contributed by atoms with E-state index in [4.69, 9.17) is 0 Å². The van der Waals surface area contributed by atoms with Gasteiger partial charge in [0, 0.05) is 12.8 Å². The molecule has 0 saturated heterocycles. The van der Waals surface area contributed by atoms with Crippen LogP contribution in [0.1, 0.15) is 59.3 Å². The maximum absolute atomic E-state index is 11.3. The molecule has 0 atom stereocenters. The minimum atomic E-state index is 0.463. The fraction of sp³-hybridized carbons (Fsp3) is 0.909. The van der Waals surface area contributed by atoms with Crippen LogP contribution in [-0.4, -0.2) is 5.78 Å². The van der Waals surface area contributed by atoms with Crippen LogP contribution in [0.15, 0.2) is 0 Å². The average molecular weight is 170 g/mol. The molecule has 0 aliphatic rings. The van der Waals surface area contributed by atoms with Crippen molar-refractivity contribution in [2.75, 3.05) is 0 Å². The van der Waals surface area contributed by atoms with E-state index in [1.54, 1.807) is 0 Å². The Balaban J connectivity index is 3.52. The van der Waals surface area contributed by atoms with Gasteiger partial charge in [-0.1, -0.05) is 40.0 Å². The Morgan fingerprint density at radius 3 is 2.17 bits per heavy atom. The zero-order valence-corrected chi connectivity index (χ0v) is 8.73. The molecule has 0 aliphatic heterocycles. The standard InChI is InChI=1S/C11H22O/c1-4-7-8-11(12)9-10(5-2)6-3/h10H,4-9H2,1-3H3. The van der Waals surface area contributed by atoms with Gasteiger partial charge < -0.3 is 0 Å². The molecule has 0 radical (unpaired) electrons. The van der Waals surface area contributed by atoms with Gasteiger partial charge in [0.15, 0.2) is 0 Å². The number of hydrogen-bond donors (Lipinski definition) is 0. The lowest BCUT2D eigenvalue weighted by Crippen LogP contribution is -2.06. The molecule has 0 fully saturated rings. The molecule has 1 heteroatoms. The van der Waals surface area contributed by atoms with Crippen LogP contribution in [0.2, 0.25) is 0 Å². The molecule has 0 rings (SSSR count). The number of unbranched alkanes of at least 4 members (excludes halogenated alkanes) is 1. The normalized spacial score (nSPS) is 10.7. The van der Waals surface area contributed by atoms with Gasteiger partial charge in [-0.05, 0) is 12.3 Å². The Labute approximate surface area is 76.6 Å². The molecule has 0 amide bonds. The summed E-state index contributed by atoms with van der Waals surface area (Å²) in [5, 5.41) is 0. The second-order valence-electron chi connectivity index (χ2n) is 3.53. The summed E-state index contributed by atoms with van der Waals surface area (Å²) in [6, 6.07) is 0. The molecular formula is C11H22O. The smallest absolute Gasteiger partial charge is 0.133 e. The van der Waals surface area contributed by atoms with Crippen molar-refractivity contribution in [2.45, 2.75) is 59.3 Å². The molecule has 0 N–H and O–H groups in total. The van der Waals surface area contributed by atoms with E-state index in [9.17, 15) is 4.79 Å². The molecule has 12 heavy (non-hydrogen) atoms. The molecule has 0 saturated carbocycles. The Bertz CT molecular complexity index is 114. The maximum atomic E-state index is 11.3. The first-order valence-electron chi connectivity index (χ1n) is 5.26. The fourth-order valence-corrected chi connectivity index (χ4v) is 1.38. The van der Waals surface area contributed by atoms with Crippen LogP contribution >= 0.6 is 0 Å². The Morgan fingerprint density at radius 2 is 1.75 bits per heavy atom. The monoisotopic (exact) mass is 170 g/mol. The summed E-state index contributed by atoms with van der Waals surface area (Å²) in [6.07, 6.45) is 6.11. The number of Topliss-reactive ketones (excluding diaryl/α,β-unsaturated/α-hetero) is 1. The van der Waals surface area contributed by atoms with Crippen LogP contribution in [0.3, 0.4) is 0 Å². The number of hydrogen-bond acceptors (Lipinski definition) is 1. The summed E-state index contributed by atoms with van der Waals surface area (Å²) in [4.78, 5) is 11.3. The Morgan fingerprint density at radius 1 is 1.17 bits per heavy atom. The van der Waals surface area contributed by atoms with E-state index in [1.807, 2.05) is 0 Å². The second kappa shape index (κ2) is 7.33. The molecule has 72 valence electrons. The van der Waals surface area contributed by atoms with Crippen molar-refractivity contribution in [1.82, 2.24) is 0 Å². The minimum absolute atomic E-state index is 0.463. The van der Waals surface area contributed by atoms with E-state index in [0.29, 0.717) is 11.7 Å². The van der Waals surface area contributed by atoms with Crippen LogP contribution in [0.5, 0.6) is 0 Å². The van der Waals surface area contributed by atoms with Crippen molar-refractivity contribution in [1.29, 1.82) is 0 Å². The average Bonchev–Trinajstić information content (AvgIpc) is 2.10. The van der Waals surface area contributed by atoms with E-state index in [1.165, 1.54) is 0 Å². The summed E-state index contributed by atoms with van der Waals surface area (Å²) >= 11 is 0. The second-order valence-corrected chi connectivity index (χ2v) is 3.53. The van der Waals surface area contributed by atoms with Crippen molar-refractivity contribution in [3.8, 4) is 0 Å². The van der Waals surface area contributed by atoms with E-state index >= 15 is 0 Å². The first-order chi connectivity index (χ1) is 5.74. The number of carbonyl (C=O) groups excluding carboxylic acids is 1. The number of ketones is 1. The first-order valence-corrected chi connectivity index (χ1v) is 5.26. The van der Waals surface area contributed by atoms with E-state index in [0.717, 1.165) is 38.5 Å². The van der Waals surface area contributed by atoms with Crippen molar-refractivity contribution < 1.29 is 4.79 Å². The summed E-state index contributed by atoms with van der Waals surface area (Å²) in [7, 11) is 0. The lowest BCUT2D eigenvalue weighted by atomic mass is 9.95. The van der Waals surface area contributed by atoms with Crippen LogP contribution in [-0.2, 0) is 4.79 Å². The predicted octanol–water partition coefficient (Wildman–Crippen LogP) is 3.57. The lowest BCUT2D eigenvalue weighted by molar-refractivity contribution is -0.120. The van der Waals surface area contributed by atoms with Crippen molar-refractivity contribution in [3.05, 3.63) is 0 Å². The molecule has 0 bridgehead atoms. The highest BCUT2D eigenvalue weighted by Gasteiger charge is 2.08. The lowest BCUT2D eigenvalue weighted by Gasteiger charge is -2.10. The molecule has 0 spiro atoms. The quantitative estimate of drug-likeness (QED) is 0.571. The highest BCUT2D eigenvalue weighted by atomic mass is 16.1. The largest absolute Gasteiger partial charge is 0.300 e. The van der Waals surface area contributed by atoms with Gasteiger partial charge in [-0.3, -0.25) is 4.79 Å². The van der Waals surface area contributed by atoms with Crippen LogP contribution in [0, 0.1) is 5.92 Å². The summed E-state index contributed by atoms with van der Waals surface area (Å²) < 4.78 is 0. The SMILES string of the molecule is CCCCC(=O)CC(CC)CC. The third kappa shape index (κ3) is 5.34. The predicted molar refractivity (Wildman–Crippen MR) is 53.2 cm³/mol. The third-order valence-electron chi connectivity index (χ3n) is 2.48. The van der Waals surface area contributed by atoms with Crippen molar-refractivity contribution in [2.24, 2.45) is 5.92 Å². The number of carbonyl (C=O) groups is 1. The molecule has 0 aromatic heterocycles. The molecule has 0 heterocycles. The van der Waals surface area contributed by atoms with Crippen molar-refractivity contribution >= 4 is 5.78 Å². The van der Waals surface area contributed by atoms with Gasteiger partial charge in [0.2, 0.25) is 0 Å². The molecule has 0 aromatic rings.